The summed E-state index contributed by atoms with van der Waals surface area (Å²) >= 11 is 0. The van der Waals surface area contributed by atoms with Gasteiger partial charge < -0.3 is 29.7 Å². The fourth-order valence-electron chi connectivity index (χ4n) is 7.68. The van der Waals surface area contributed by atoms with Gasteiger partial charge in [-0.3, -0.25) is 28.6 Å². The van der Waals surface area contributed by atoms with Gasteiger partial charge in [-0.05, 0) is 77.5 Å². The quantitative estimate of drug-likeness (QED) is 0.253. The Labute approximate surface area is 336 Å². The van der Waals surface area contributed by atoms with Crippen LogP contribution in [0.5, 0.6) is 17.4 Å². The summed E-state index contributed by atoms with van der Waals surface area (Å²) < 4.78 is 61.7. The van der Waals surface area contributed by atoms with Crippen LogP contribution < -0.4 is 29.6 Å². The van der Waals surface area contributed by atoms with E-state index in [1.807, 2.05) is 12.2 Å². The second-order valence-electron chi connectivity index (χ2n) is 16.2. The number of aromatic nitrogens is 3. The number of sulfonamides is 1. The zero-order chi connectivity index (χ0) is 41.6. The standard InChI is InChI=1S/C40H50FN7O9S/c1-23(2)56-32-20-31(26-13-14-27(41)34(55-5)33(26)43-32)57-25-19-30-36(50)44-40(38(52)46-58(53,54)39(3)16-17-39)21-24(40)11-9-7-6-8-10-12-29(37(51)48(30)22-25)42-35(49)28-15-18-47(4)45-28/h9,11,13-15,18,20,23-25,29-30H,6-8,10,12,16-17,19,21-22H2,1-5H3,(H,42,49)(H,44,50)(H,46,52)/t24-,25-,29+,30+,40-/m1/s1. The third-order valence-electron chi connectivity index (χ3n) is 11.4. The molecule has 5 atom stereocenters. The predicted octanol–water partition coefficient (Wildman–Crippen LogP) is 3.44. The number of allylic oxidation sites excluding steroid dienone is 1. The molecule has 0 spiro atoms. The predicted molar refractivity (Wildman–Crippen MR) is 209 cm³/mol. The van der Waals surface area contributed by atoms with E-state index in [0.717, 1.165) is 12.8 Å². The number of hydrogen-bond acceptors (Lipinski definition) is 11. The highest BCUT2D eigenvalue weighted by atomic mass is 32.2. The van der Waals surface area contributed by atoms with Crippen LogP contribution in [0.3, 0.4) is 0 Å². The molecule has 0 radical (unpaired) electrons. The summed E-state index contributed by atoms with van der Waals surface area (Å²) in [6.45, 7) is 5.07. The van der Waals surface area contributed by atoms with Gasteiger partial charge in [0.1, 0.15) is 40.7 Å². The van der Waals surface area contributed by atoms with Crippen molar-refractivity contribution in [1.29, 1.82) is 0 Å². The largest absolute Gasteiger partial charge is 0.491 e. The molecule has 7 rings (SSSR count). The lowest BCUT2D eigenvalue weighted by Gasteiger charge is -2.30. The second-order valence-corrected chi connectivity index (χ2v) is 18.4. The smallest absolute Gasteiger partial charge is 0.272 e. The van der Waals surface area contributed by atoms with Gasteiger partial charge >= 0.3 is 0 Å². The number of nitrogens with one attached hydrogen (secondary N) is 3. The molecule has 2 aliphatic heterocycles. The highest BCUT2D eigenvalue weighted by molar-refractivity contribution is 7.91. The molecule has 3 aromatic rings. The third-order valence-corrected chi connectivity index (χ3v) is 13.6. The van der Waals surface area contributed by atoms with Crippen molar-refractivity contribution in [3.05, 3.63) is 54.1 Å². The minimum Gasteiger partial charge on any atom is -0.491 e. The van der Waals surface area contributed by atoms with Crippen molar-refractivity contribution in [3.63, 3.8) is 0 Å². The Hall–Kier alpha value is -5.26. The SMILES string of the molecule is COc1c(F)ccc2c(O[C@@H]3C[C@H]4C(=O)N[C@]5(C(=O)NS(=O)(=O)C6(C)CC6)C[C@H]5C=CCCCCC[C@H](NC(=O)c5ccn(C)n5)C(=O)N4C3)cc(OC(C)C)nc12. The Morgan fingerprint density at radius 1 is 1.12 bits per heavy atom. The molecule has 0 bridgehead atoms. The Balaban J connectivity index is 1.23. The lowest BCUT2D eigenvalue weighted by atomic mass is 10.0. The second kappa shape index (κ2) is 15.8. The third kappa shape index (κ3) is 8.20. The molecular formula is C40H50FN7O9S. The van der Waals surface area contributed by atoms with Crippen molar-refractivity contribution >= 4 is 44.6 Å². The van der Waals surface area contributed by atoms with E-state index in [0.29, 0.717) is 31.1 Å². The number of carbonyl (C=O) groups is 4. The number of rotatable bonds is 10. The van der Waals surface area contributed by atoms with Crippen LogP contribution in [0.2, 0.25) is 0 Å². The molecule has 4 heterocycles. The van der Waals surface area contributed by atoms with Crippen LogP contribution in [0.4, 0.5) is 4.39 Å². The first kappa shape index (κ1) is 40.9. The highest BCUT2D eigenvalue weighted by Crippen LogP contribution is 2.48. The Kier molecular flexibility index (Phi) is 11.2. The molecule has 2 aromatic heterocycles. The molecule has 312 valence electrons. The average Bonchev–Trinajstić information content (AvgIpc) is 3.96. The van der Waals surface area contributed by atoms with Gasteiger partial charge in [0.05, 0.1) is 24.5 Å². The number of aryl methyl sites for hydroxylation is 1. The summed E-state index contributed by atoms with van der Waals surface area (Å²) in [7, 11) is -1.04. The maximum Gasteiger partial charge on any atom is 0.272 e. The normalized spacial score (nSPS) is 25.8. The summed E-state index contributed by atoms with van der Waals surface area (Å²) in [5.74, 6) is -3.49. The van der Waals surface area contributed by atoms with Crippen molar-refractivity contribution in [2.75, 3.05) is 13.7 Å². The molecule has 18 heteroatoms. The molecule has 4 aliphatic rings. The van der Waals surface area contributed by atoms with E-state index in [1.54, 1.807) is 40.1 Å². The van der Waals surface area contributed by atoms with Crippen LogP contribution in [0.25, 0.3) is 10.9 Å². The monoisotopic (exact) mass is 823 g/mol. The van der Waals surface area contributed by atoms with Gasteiger partial charge in [-0.25, -0.2) is 17.8 Å². The molecule has 1 aromatic carbocycles. The van der Waals surface area contributed by atoms with Gasteiger partial charge in [0.25, 0.3) is 11.8 Å². The fraction of sp³-hybridized carbons (Fsp3) is 0.550. The number of methoxy groups -OCH3 is 1. The van der Waals surface area contributed by atoms with Gasteiger partial charge in [-0.2, -0.15) is 5.10 Å². The number of benzene rings is 1. The van der Waals surface area contributed by atoms with Crippen LogP contribution in [-0.4, -0.2) is 99.9 Å². The van der Waals surface area contributed by atoms with E-state index in [4.69, 9.17) is 14.2 Å². The summed E-state index contributed by atoms with van der Waals surface area (Å²) in [5.41, 5.74) is -1.31. The van der Waals surface area contributed by atoms with Gasteiger partial charge in [0.15, 0.2) is 11.6 Å². The molecule has 4 amide bonds. The van der Waals surface area contributed by atoms with Gasteiger partial charge in [-0.1, -0.05) is 25.0 Å². The zero-order valence-corrected chi connectivity index (χ0v) is 34.1. The minimum absolute atomic E-state index is 0.0461. The molecule has 16 nitrogen and oxygen atoms in total. The van der Waals surface area contributed by atoms with Crippen LogP contribution in [0.15, 0.2) is 42.6 Å². The summed E-state index contributed by atoms with van der Waals surface area (Å²) in [4.78, 5) is 62.4. The van der Waals surface area contributed by atoms with E-state index >= 15 is 0 Å². The first-order valence-corrected chi connectivity index (χ1v) is 21.2. The van der Waals surface area contributed by atoms with Crippen LogP contribution >= 0.6 is 0 Å². The summed E-state index contributed by atoms with van der Waals surface area (Å²) in [6, 6.07) is 3.55. The molecule has 2 saturated carbocycles. The summed E-state index contributed by atoms with van der Waals surface area (Å²) in [6.07, 6.45) is 8.22. The van der Waals surface area contributed by atoms with Crippen molar-refractivity contribution in [3.8, 4) is 17.4 Å². The lowest BCUT2D eigenvalue weighted by molar-refractivity contribution is -0.141. The zero-order valence-electron chi connectivity index (χ0n) is 33.2. The highest BCUT2D eigenvalue weighted by Gasteiger charge is 2.63. The van der Waals surface area contributed by atoms with Crippen molar-refractivity contribution in [2.24, 2.45) is 13.0 Å². The number of carbonyl (C=O) groups excluding carboxylic acids is 4. The maximum atomic E-state index is 14.9. The van der Waals surface area contributed by atoms with Crippen molar-refractivity contribution in [1.82, 2.24) is 35.0 Å². The molecule has 3 N–H and O–H groups in total. The molecule has 58 heavy (non-hydrogen) atoms. The van der Waals surface area contributed by atoms with E-state index in [9.17, 15) is 32.0 Å². The van der Waals surface area contributed by atoms with Crippen molar-refractivity contribution < 1.29 is 46.2 Å². The number of ether oxygens (including phenoxy) is 3. The van der Waals surface area contributed by atoms with Gasteiger partial charge in [0, 0.05) is 37.0 Å². The Morgan fingerprint density at radius 2 is 1.90 bits per heavy atom. The molecular weight excluding hydrogens is 774 g/mol. The number of halogens is 1. The molecule has 0 unspecified atom stereocenters. The fourth-order valence-corrected chi connectivity index (χ4v) is 8.99. The maximum absolute atomic E-state index is 14.9. The topological polar surface area (TPSA) is 200 Å². The van der Waals surface area contributed by atoms with Gasteiger partial charge in [0.2, 0.25) is 27.7 Å². The van der Waals surface area contributed by atoms with Crippen LogP contribution in [0.1, 0.15) is 89.0 Å². The van der Waals surface area contributed by atoms with Crippen LogP contribution in [0, 0.1) is 11.7 Å². The minimum atomic E-state index is -4.03. The first-order valence-electron chi connectivity index (χ1n) is 19.7. The number of pyridine rings is 1. The molecule has 3 fully saturated rings. The summed E-state index contributed by atoms with van der Waals surface area (Å²) in [5, 5.41) is 10.3. The van der Waals surface area contributed by atoms with Gasteiger partial charge in [-0.15, -0.1) is 0 Å². The lowest BCUT2D eigenvalue weighted by Crippen LogP contribution is -2.58. The van der Waals surface area contributed by atoms with E-state index in [1.165, 1.54) is 34.9 Å². The van der Waals surface area contributed by atoms with E-state index < -0.39 is 73.9 Å². The average molecular weight is 824 g/mol. The molecule has 2 aliphatic carbocycles. The van der Waals surface area contributed by atoms with E-state index in [-0.39, 0.29) is 60.5 Å². The molecule has 1 saturated heterocycles. The number of amides is 4. The first-order chi connectivity index (χ1) is 27.5. The number of hydrogen-bond donors (Lipinski definition) is 3. The number of nitrogens with zero attached hydrogens (tertiary/aromatic N) is 4. The Bertz CT molecular complexity index is 2260. The Morgan fingerprint density at radius 3 is 2.59 bits per heavy atom. The van der Waals surface area contributed by atoms with E-state index in [2.05, 4.69) is 25.4 Å². The number of fused-ring (bicyclic) bond motifs is 3. The van der Waals surface area contributed by atoms with Crippen LogP contribution in [-0.2, 0) is 31.5 Å². The van der Waals surface area contributed by atoms with Crippen molar-refractivity contribution in [2.45, 2.75) is 113 Å².